The van der Waals surface area contributed by atoms with E-state index in [0.717, 1.165) is 57.4 Å². The molecule has 0 amide bonds. The molecular formula is C21H39NO3. The van der Waals surface area contributed by atoms with Crippen LogP contribution in [0.15, 0.2) is 0 Å². The number of aliphatic hydroxyl groups is 1. The largest absolute Gasteiger partial charge is 0.389 e. The van der Waals surface area contributed by atoms with Crippen LogP contribution in [-0.2, 0) is 9.53 Å². The van der Waals surface area contributed by atoms with E-state index in [2.05, 4.69) is 12.2 Å². The summed E-state index contributed by atoms with van der Waals surface area (Å²) in [5.41, 5.74) is 0. The Kier molecular flexibility index (Phi) is 10.0. The highest BCUT2D eigenvalue weighted by atomic mass is 16.5. The zero-order valence-corrected chi connectivity index (χ0v) is 16.2. The van der Waals surface area contributed by atoms with E-state index >= 15 is 0 Å². The van der Waals surface area contributed by atoms with Crippen LogP contribution in [-0.4, -0.2) is 42.8 Å². The minimum Gasteiger partial charge on any atom is -0.389 e. The highest BCUT2D eigenvalue weighted by molar-refractivity contribution is 5.81. The molecule has 2 saturated carbocycles. The first-order chi connectivity index (χ1) is 12.2. The lowest BCUT2D eigenvalue weighted by atomic mass is 9.80. The second kappa shape index (κ2) is 12.0. The van der Waals surface area contributed by atoms with Gasteiger partial charge in [-0.2, -0.15) is 0 Å². The van der Waals surface area contributed by atoms with Crippen LogP contribution in [0.1, 0.15) is 84.0 Å². The van der Waals surface area contributed by atoms with Crippen LogP contribution in [0.5, 0.6) is 0 Å². The van der Waals surface area contributed by atoms with Crippen LogP contribution in [0, 0.1) is 11.8 Å². The maximum atomic E-state index is 12.8. The summed E-state index contributed by atoms with van der Waals surface area (Å²) < 4.78 is 5.99. The molecule has 25 heavy (non-hydrogen) atoms. The molecule has 4 nitrogen and oxygen atoms in total. The van der Waals surface area contributed by atoms with E-state index in [0.29, 0.717) is 18.9 Å². The Morgan fingerprint density at radius 3 is 2.60 bits per heavy atom. The number of hydrogen-bond donors (Lipinski definition) is 2. The van der Waals surface area contributed by atoms with Gasteiger partial charge in [0, 0.05) is 18.9 Å². The summed E-state index contributed by atoms with van der Waals surface area (Å²) >= 11 is 0. The highest BCUT2D eigenvalue weighted by Crippen LogP contribution is 2.32. The first kappa shape index (κ1) is 20.9. The number of rotatable bonds is 11. The molecule has 0 aromatic rings. The third-order valence-electron chi connectivity index (χ3n) is 5.95. The van der Waals surface area contributed by atoms with E-state index in [1.807, 2.05) is 0 Å². The first-order valence-corrected chi connectivity index (χ1v) is 10.7. The monoisotopic (exact) mass is 353 g/mol. The highest BCUT2D eigenvalue weighted by Gasteiger charge is 2.32. The molecule has 0 aromatic carbocycles. The fourth-order valence-electron chi connectivity index (χ4n) is 4.41. The smallest absolute Gasteiger partial charge is 0.138 e. The fourth-order valence-corrected chi connectivity index (χ4v) is 4.41. The van der Waals surface area contributed by atoms with Crippen molar-refractivity contribution in [3.05, 3.63) is 0 Å². The lowest BCUT2D eigenvalue weighted by molar-refractivity contribution is -0.132. The van der Waals surface area contributed by atoms with E-state index in [4.69, 9.17) is 4.74 Å². The number of nitrogens with one attached hydrogen (secondary N) is 1. The SMILES string of the molecule is CCCNCC(O)COC1CCCCC1C(=O)CCC1CCCCC1. The zero-order chi connectivity index (χ0) is 17.9. The van der Waals surface area contributed by atoms with Gasteiger partial charge >= 0.3 is 0 Å². The third-order valence-corrected chi connectivity index (χ3v) is 5.95. The van der Waals surface area contributed by atoms with Crippen molar-refractivity contribution in [3.8, 4) is 0 Å². The average Bonchev–Trinajstić information content (AvgIpc) is 2.66. The molecule has 0 heterocycles. The molecule has 0 saturated heterocycles. The summed E-state index contributed by atoms with van der Waals surface area (Å²) in [6, 6.07) is 0. The maximum Gasteiger partial charge on any atom is 0.138 e. The fraction of sp³-hybridized carbons (Fsp3) is 0.952. The van der Waals surface area contributed by atoms with Crippen LogP contribution in [0.4, 0.5) is 0 Å². The molecule has 4 heteroatoms. The molecule has 0 spiro atoms. The molecule has 2 N–H and O–H groups in total. The summed E-state index contributed by atoms with van der Waals surface area (Å²) in [6.45, 7) is 3.94. The molecule has 0 aromatic heterocycles. The molecule has 3 unspecified atom stereocenters. The molecule has 0 bridgehead atoms. The van der Waals surface area contributed by atoms with Gasteiger partial charge in [0.15, 0.2) is 0 Å². The Morgan fingerprint density at radius 1 is 1.12 bits per heavy atom. The maximum absolute atomic E-state index is 12.8. The van der Waals surface area contributed by atoms with Gasteiger partial charge in [0.05, 0.1) is 18.8 Å². The normalized spacial score (nSPS) is 26.5. The lowest BCUT2D eigenvalue weighted by Crippen LogP contribution is -2.38. The van der Waals surface area contributed by atoms with Gasteiger partial charge in [-0.25, -0.2) is 0 Å². The second-order valence-corrected chi connectivity index (χ2v) is 8.13. The number of hydrogen-bond acceptors (Lipinski definition) is 4. The van der Waals surface area contributed by atoms with E-state index < -0.39 is 6.10 Å². The van der Waals surface area contributed by atoms with E-state index in [-0.39, 0.29) is 12.0 Å². The Balaban J connectivity index is 1.71. The van der Waals surface area contributed by atoms with Crippen LogP contribution < -0.4 is 5.32 Å². The minimum absolute atomic E-state index is 0.0217. The van der Waals surface area contributed by atoms with Gasteiger partial charge in [-0.15, -0.1) is 0 Å². The van der Waals surface area contributed by atoms with Gasteiger partial charge in [-0.3, -0.25) is 4.79 Å². The van der Waals surface area contributed by atoms with Gasteiger partial charge in [0.2, 0.25) is 0 Å². The number of carbonyl (C=O) groups excluding carboxylic acids is 1. The Labute approximate surface area is 154 Å². The molecule has 146 valence electrons. The predicted molar refractivity (Wildman–Crippen MR) is 102 cm³/mol. The summed E-state index contributed by atoms with van der Waals surface area (Å²) in [5, 5.41) is 13.2. The predicted octanol–water partition coefficient (Wildman–Crippen LogP) is 3.85. The summed E-state index contributed by atoms with van der Waals surface area (Å²) in [5.74, 6) is 1.24. The number of carbonyl (C=O) groups is 1. The summed E-state index contributed by atoms with van der Waals surface area (Å²) in [6.07, 6.45) is 13.3. The first-order valence-electron chi connectivity index (χ1n) is 10.7. The van der Waals surface area contributed by atoms with Crippen molar-refractivity contribution in [3.63, 3.8) is 0 Å². The van der Waals surface area contributed by atoms with E-state index in [9.17, 15) is 9.90 Å². The molecule has 2 aliphatic carbocycles. The molecule has 2 aliphatic rings. The van der Waals surface area contributed by atoms with Gasteiger partial charge in [-0.1, -0.05) is 51.9 Å². The Hall–Kier alpha value is -0.450. The van der Waals surface area contributed by atoms with Crippen LogP contribution in [0.25, 0.3) is 0 Å². The number of aliphatic hydroxyl groups excluding tert-OH is 1. The molecular weight excluding hydrogens is 314 g/mol. The van der Waals surface area contributed by atoms with E-state index in [1.165, 1.54) is 32.1 Å². The molecule has 2 fully saturated rings. The van der Waals surface area contributed by atoms with Crippen LogP contribution in [0.3, 0.4) is 0 Å². The van der Waals surface area contributed by atoms with Crippen LogP contribution >= 0.6 is 0 Å². The van der Waals surface area contributed by atoms with Crippen molar-refractivity contribution in [2.24, 2.45) is 11.8 Å². The van der Waals surface area contributed by atoms with Crippen molar-refractivity contribution in [2.45, 2.75) is 96.2 Å². The Morgan fingerprint density at radius 2 is 1.84 bits per heavy atom. The summed E-state index contributed by atoms with van der Waals surface area (Å²) in [7, 11) is 0. The van der Waals surface area contributed by atoms with Crippen molar-refractivity contribution in [1.82, 2.24) is 5.32 Å². The number of ketones is 1. The molecule has 3 atom stereocenters. The van der Waals surface area contributed by atoms with Crippen molar-refractivity contribution in [2.75, 3.05) is 19.7 Å². The molecule has 0 radical (unpaired) electrons. The average molecular weight is 354 g/mol. The number of ether oxygens (including phenoxy) is 1. The van der Waals surface area contributed by atoms with Gasteiger partial charge in [-0.05, 0) is 38.1 Å². The minimum atomic E-state index is -0.480. The molecule has 0 aliphatic heterocycles. The van der Waals surface area contributed by atoms with Gasteiger partial charge in [0.25, 0.3) is 0 Å². The standard InChI is InChI=1S/C21H39NO3/c1-2-14-22-15-18(23)16-25-21-11-7-6-10-19(21)20(24)13-12-17-8-4-3-5-9-17/h17-19,21-23H,2-16H2,1H3. The van der Waals surface area contributed by atoms with Gasteiger partial charge < -0.3 is 15.2 Å². The van der Waals surface area contributed by atoms with Crippen LogP contribution in [0.2, 0.25) is 0 Å². The van der Waals surface area contributed by atoms with Crippen molar-refractivity contribution in [1.29, 1.82) is 0 Å². The van der Waals surface area contributed by atoms with Gasteiger partial charge in [0.1, 0.15) is 5.78 Å². The van der Waals surface area contributed by atoms with E-state index in [1.54, 1.807) is 0 Å². The third kappa shape index (κ3) is 7.76. The molecule has 2 rings (SSSR count). The topological polar surface area (TPSA) is 58.6 Å². The van der Waals surface area contributed by atoms with Crippen molar-refractivity contribution < 1.29 is 14.6 Å². The number of Topliss-reactive ketones (excluding diaryl/α,β-unsaturated/α-hetero) is 1. The van der Waals surface area contributed by atoms with Crippen molar-refractivity contribution >= 4 is 5.78 Å². The second-order valence-electron chi connectivity index (χ2n) is 8.13. The quantitative estimate of drug-likeness (QED) is 0.554. The lowest BCUT2D eigenvalue weighted by Gasteiger charge is -2.32. The Bertz CT molecular complexity index is 368. The summed E-state index contributed by atoms with van der Waals surface area (Å²) in [4.78, 5) is 12.8. The zero-order valence-electron chi connectivity index (χ0n) is 16.2.